The van der Waals surface area contributed by atoms with E-state index in [4.69, 9.17) is 4.55 Å². The fourth-order valence-corrected chi connectivity index (χ4v) is 3.08. The zero-order valence-corrected chi connectivity index (χ0v) is 23.8. The summed E-state index contributed by atoms with van der Waals surface area (Å²) in [6, 6.07) is 0. The average Bonchev–Trinajstić information content (AvgIpc) is 2.89. The molecule has 0 bridgehead atoms. The van der Waals surface area contributed by atoms with E-state index in [0.29, 0.717) is 4.74 Å². The lowest BCUT2D eigenvalue weighted by atomic mass is 9.86. The maximum absolute atomic E-state index is 13.7. The van der Waals surface area contributed by atoms with Crippen LogP contribution in [0.1, 0.15) is 0 Å². The molecule has 332 valence electrons. The van der Waals surface area contributed by atoms with Gasteiger partial charge in [-0.15, -0.1) is 0 Å². The monoisotopic (exact) mass is 932 g/mol. The Bertz CT molecular complexity index is 1520. The van der Waals surface area contributed by atoms with E-state index in [-0.39, 0.29) is 0 Å². The maximum atomic E-state index is 13.7. The van der Waals surface area contributed by atoms with E-state index in [2.05, 4.69) is 0 Å². The van der Waals surface area contributed by atoms with Crippen LogP contribution in [-0.4, -0.2) is 108 Å². The Balaban J connectivity index is 7.31. The standard InChI is InChI=1S/C16HF33O5S/c17-1(18,2(19,20)4(23,24)6(27,28)8(31,32)11(37,38)39)3(21,22)5(25,26)7(29,30)9(33,34)12(40,41)53-14(44,45)15(46,47)54-13(42,43)10(35,36)16(48,49)55(50,51)52/h(H,50,51,52). The number of hydrogen-bond acceptors (Lipinski definition) is 4. The first kappa shape index (κ1) is 52.5. The van der Waals surface area contributed by atoms with Crippen LogP contribution in [0, 0.1) is 0 Å². The third-order valence-corrected chi connectivity index (χ3v) is 6.69. The predicted molar refractivity (Wildman–Crippen MR) is 94.0 cm³/mol. The molecule has 0 fully saturated rings. The van der Waals surface area contributed by atoms with Crippen LogP contribution in [0.15, 0.2) is 0 Å². The van der Waals surface area contributed by atoms with E-state index in [9.17, 15) is 153 Å². The molecule has 0 aliphatic heterocycles. The first-order valence-electron chi connectivity index (χ1n) is 11.0. The van der Waals surface area contributed by atoms with Crippen LogP contribution in [0.4, 0.5) is 145 Å². The maximum Gasteiger partial charge on any atom is 0.460 e. The quantitative estimate of drug-likeness (QED) is 0.116. The van der Waals surface area contributed by atoms with Gasteiger partial charge in [0.25, 0.3) is 0 Å². The molecule has 0 amide bonds. The molecule has 5 nitrogen and oxygen atoms in total. The number of hydrogen-bond donors (Lipinski definition) is 1. The molecule has 0 atom stereocenters. The third kappa shape index (κ3) is 6.88. The Hall–Kier alpha value is -2.48. The number of ether oxygens (including phenoxy) is 2. The fraction of sp³-hybridized carbons (Fsp3) is 1.00. The molecule has 0 saturated carbocycles. The van der Waals surface area contributed by atoms with Crippen molar-refractivity contribution in [2.24, 2.45) is 0 Å². The predicted octanol–water partition coefficient (Wildman–Crippen LogP) is 9.79. The molecule has 39 heteroatoms. The fourth-order valence-electron chi connectivity index (χ4n) is 2.64. The molecule has 55 heavy (non-hydrogen) atoms. The summed E-state index contributed by atoms with van der Waals surface area (Å²) >= 11 is 0. The van der Waals surface area contributed by atoms with Crippen LogP contribution in [-0.2, 0) is 19.6 Å². The highest BCUT2D eigenvalue weighted by Crippen LogP contribution is 2.67. The van der Waals surface area contributed by atoms with E-state index >= 15 is 0 Å². The van der Waals surface area contributed by atoms with E-state index in [1.165, 1.54) is 0 Å². The zero-order chi connectivity index (χ0) is 45.9. The highest BCUT2D eigenvalue weighted by Gasteiger charge is 2.99. The molecule has 0 aliphatic carbocycles. The van der Waals surface area contributed by atoms with Crippen LogP contribution in [0.2, 0.25) is 0 Å². The van der Waals surface area contributed by atoms with Crippen molar-refractivity contribution in [1.82, 2.24) is 0 Å². The van der Waals surface area contributed by atoms with Crippen molar-refractivity contribution in [3.05, 3.63) is 0 Å². The smallest absolute Gasteiger partial charge is 0.281 e. The molecule has 0 spiro atoms. The summed E-state index contributed by atoms with van der Waals surface area (Å²) in [5.41, 5.74) is 0. The summed E-state index contributed by atoms with van der Waals surface area (Å²) in [4.78, 5) is 0. The van der Waals surface area contributed by atoms with E-state index < -0.39 is 105 Å². The molecule has 0 aromatic heterocycles. The molecule has 0 aliphatic rings. The van der Waals surface area contributed by atoms with Crippen LogP contribution < -0.4 is 0 Å². The van der Waals surface area contributed by atoms with E-state index in [0.717, 1.165) is 4.74 Å². The molecule has 0 radical (unpaired) electrons. The van der Waals surface area contributed by atoms with Gasteiger partial charge in [-0.3, -0.25) is 4.55 Å². The Morgan fingerprint density at radius 1 is 0.273 bits per heavy atom. The second-order valence-electron chi connectivity index (χ2n) is 9.50. The van der Waals surface area contributed by atoms with Gasteiger partial charge >= 0.3 is 105 Å². The Labute approximate surface area is 274 Å². The summed E-state index contributed by atoms with van der Waals surface area (Å²) in [6.07, 6.45) is -43.6. The van der Waals surface area contributed by atoms with E-state index in [1.807, 2.05) is 0 Å². The van der Waals surface area contributed by atoms with Gasteiger partial charge in [-0.1, -0.05) is 0 Å². The molecule has 0 aromatic rings. The molecule has 0 unspecified atom stereocenters. The van der Waals surface area contributed by atoms with Crippen molar-refractivity contribution in [3.63, 3.8) is 0 Å². The van der Waals surface area contributed by atoms with Gasteiger partial charge in [-0.25, -0.2) is 9.47 Å². The minimum absolute atomic E-state index is 0.654. The Morgan fingerprint density at radius 2 is 0.455 bits per heavy atom. The zero-order valence-electron chi connectivity index (χ0n) is 23.0. The minimum Gasteiger partial charge on any atom is -0.281 e. The van der Waals surface area contributed by atoms with Gasteiger partial charge in [0.15, 0.2) is 0 Å². The van der Waals surface area contributed by atoms with Crippen molar-refractivity contribution in [3.8, 4) is 0 Å². The van der Waals surface area contributed by atoms with Crippen LogP contribution >= 0.6 is 0 Å². The van der Waals surface area contributed by atoms with Gasteiger partial charge in [0, 0.05) is 0 Å². The largest absolute Gasteiger partial charge is 0.460 e. The molecule has 0 rings (SSSR count). The van der Waals surface area contributed by atoms with Gasteiger partial charge in [-0.05, 0) is 0 Å². The van der Waals surface area contributed by atoms with Crippen molar-refractivity contribution in [2.75, 3.05) is 0 Å². The molecule has 0 aromatic carbocycles. The summed E-state index contributed by atoms with van der Waals surface area (Å²) in [5.74, 6) is -96.0. The first-order chi connectivity index (χ1) is 22.9. The second kappa shape index (κ2) is 12.8. The third-order valence-electron chi connectivity index (χ3n) is 5.78. The Kier molecular flexibility index (Phi) is 12.2. The Morgan fingerprint density at radius 3 is 0.655 bits per heavy atom. The number of halogens is 33. The van der Waals surface area contributed by atoms with Crippen molar-refractivity contribution in [2.45, 2.75) is 95.1 Å². The summed E-state index contributed by atoms with van der Waals surface area (Å²) < 4.78 is 468. The minimum atomic E-state index is -10.1. The number of rotatable bonds is 17. The SMILES string of the molecule is O=S(=O)(O)C(F)(F)C(F)(F)C(F)(F)OC(F)(F)C(F)(F)OC(F)(F)C(F)(F)C(F)(F)C(F)(F)C(F)(F)C(F)(F)C(F)(F)C(F)(F)C(F)(F)C(F)(F)C(F)(F)F. The molecule has 0 saturated heterocycles. The van der Waals surface area contributed by atoms with Gasteiger partial charge in [0.2, 0.25) is 0 Å². The summed E-state index contributed by atoms with van der Waals surface area (Å²) in [7, 11) is -8.07. The summed E-state index contributed by atoms with van der Waals surface area (Å²) in [5, 5.41) is -7.94. The second-order valence-corrected chi connectivity index (χ2v) is 11.0. The van der Waals surface area contributed by atoms with Crippen molar-refractivity contribution < 1.29 is 167 Å². The number of alkyl halides is 33. The molecule has 0 heterocycles. The molecular weight excluding hydrogens is 931 g/mol. The topological polar surface area (TPSA) is 72.8 Å². The van der Waals surface area contributed by atoms with E-state index in [1.54, 1.807) is 0 Å². The van der Waals surface area contributed by atoms with Gasteiger partial charge in [0.1, 0.15) is 0 Å². The first-order valence-corrected chi connectivity index (χ1v) is 12.5. The highest BCUT2D eigenvalue weighted by molar-refractivity contribution is 7.87. The lowest BCUT2D eigenvalue weighted by Crippen LogP contribution is -2.78. The molecule has 1 N–H and O–H groups in total. The van der Waals surface area contributed by atoms with Crippen LogP contribution in [0.3, 0.4) is 0 Å². The highest BCUT2D eigenvalue weighted by atomic mass is 32.2. The lowest BCUT2D eigenvalue weighted by molar-refractivity contribution is -0.555. The molecular formula is C16HF33O5S. The van der Waals surface area contributed by atoms with Gasteiger partial charge in [0.05, 0.1) is 0 Å². The summed E-state index contributed by atoms with van der Waals surface area (Å²) in [6.45, 7) is 0. The normalized spacial score (nSPS) is 17.2. The van der Waals surface area contributed by atoms with Crippen molar-refractivity contribution in [1.29, 1.82) is 0 Å². The average molecular weight is 932 g/mol. The van der Waals surface area contributed by atoms with Crippen LogP contribution in [0.5, 0.6) is 0 Å². The van der Waals surface area contributed by atoms with Crippen LogP contribution in [0.25, 0.3) is 0 Å². The van der Waals surface area contributed by atoms with Gasteiger partial charge < -0.3 is 0 Å². The van der Waals surface area contributed by atoms with Crippen molar-refractivity contribution >= 4 is 10.1 Å². The lowest BCUT2D eigenvalue weighted by Gasteiger charge is -2.45. The van der Waals surface area contributed by atoms with Gasteiger partial charge in [-0.2, -0.15) is 153 Å².